The first-order valence-electron chi connectivity index (χ1n) is 6.63. The summed E-state index contributed by atoms with van der Waals surface area (Å²) in [7, 11) is -3.92. The average molecular weight is 336 g/mol. The maximum Gasteiger partial charge on any atom is 0.266 e. The van der Waals surface area contributed by atoms with Crippen molar-refractivity contribution in [2.75, 3.05) is 0 Å². The summed E-state index contributed by atoms with van der Waals surface area (Å²) in [4.78, 5) is 16.8. The van der Waals surface area contributed by atoms with Gasteiger partial charge in [-0.1, -0.05) is 26.0 Å². The molecule has 0 unspecified atom stereocenters. The molecule has 0 fully saturated rings. The normalized spacial score (nSPS) is 11.4. The molecule has 116 valence electrons. The van der Waals surface area contributed by atoms with Crippen molar-refractivity contribution in [2.24, 2.45) is 0 Å². The van der Waals surface area contributed by atoms with Crippen LogP contribution in [0.2, 0.25) is 0 Å². The molecule has 0 aliphatic carbocycles. The zero-order valence-corrected chi connectivity index (χ0v) is 13.8. The predicted octanol–water partition coefficient (Wildman–Crippen LogP) is 2.70. The standard InChI is InChI=1S/C15H16N2O3S2/c1-11(2)21-14-8-4-3-7-13(14)15(18)17-22(19,20)12-6-5-9-16-10-12/h3-11H,1-2H3,(H,17,18). The third-order valence-corrected chi connectivity index (χ3v) is 5.06. The van der Waals surface area contributed by atoms with Crippen LogP contribution in [0.3, 0.4) is 0 Å². The van der Waals surface area contributed by atoms with E-state index in [2.05, 4.69) is 9.71 Å². The third-order valence-electron chi connectivity index (χ3n) is 2.67. The highest BCUT2D eigenvalue weighted by Gasteiger charge is 2.20. The summed E-state index contributed by atoms with van der Waals surface area (Å²) < 4.78 is 26.4. The van der Waals surface area contributed by atoms with Gasteiger partial charge in [-0.3, -0.25) is 9.78 Å². The Morgan fingerprint density at radius 1 is 1.18 bits per heavy atom. The van der Waals surface area contributed by atoms with Crippen LogP contribution in [0, 0.1) is 0 Å². The van der Waals surface area contributed by atoms with Gasteiger partial charge in [0.15, 0.2) is 0 Å². The lowest BCUT2D eigenvalue weighted by atomic mass is 10.2. The molecule has 0 saturated carbocycles. The Balaban J connectivity index is 2.27. The van der Waals surface area contributed by atoms with Crippen LogP contribution in [-0.2, 0) is 10.0 Å². The second kappa shape index (κ2) is 6.93. The molecule has 0 bridgehead atoms. The maximum absolute atomic E-state index is 12.3. The number of pyridine rings is 1. The van der Waals surface area contributed by atoms with E-state index in [1.165, 1.54) is 36.3 Å². The molecule has 1 N–H and O–H groups in total. The summed E-state index contributed by atoms with van der Waals surface area (Å²) in [5.74, 6) is -0.646. The molecule has 0 saturated heterocycles. The minimum absolute atomic E-state index is 0.0441. The summed E-state index contributed by atoms with van der Waals surface area (Å²) in [6.45, 7) is 4.01. The smallest absolute Gasteiger partial charge is 0.266 e. The Morgan fingerprint density at radius 3 is 2.55 bits per heavy atom. The van der Waals surface area contributed by atoms with Gasteiger partial charge in [-0.25, -0.2) is 13.1 Å². The Kier molecular flexibility index (Phi) is 5.20. The van der Waals surface area contributed by atoms with E-state index in [1.54, 1.807) is 18.2 Å². The predicted molar refractivity (Wildman–Crippen MR) is 86.3 cm³/mol. The fourth-order valence-electron chi connectivity index (χ4n) is 1.75. The van der Waals surface area contributed by atoms with E-state index in [-0.39, 0.29) is 10.1 Å². The molecule has 7 heteroatoms. The number of benzene rings is 1. The third kappa shape index (κ3) is 4.08. The van der Waals surface area contributed by atoms with Crippen LogP contribution in [0.1, 0.15) is 24.2 Å². The molecule has 1 heterocycles. The SMILES string of the molecule is CC(C)Sc1ccccc1C(=O)NS(=O)(=O)c1cccnc1. The molecule has 5 nitrogen and oxygen atoms in total. The number of amides is 1. The lowest BCUT2D eigenvalue weighted by molar-refractivity contribution is 0.0978. The first kappa shape index (κ1) is 16.5. The van der Waals surface area contributed by atoms with E-state index in [0.717, 1.165) is 4.90 Å². The van der Waals surface area contributed by atoms with Gasteiger partial charge in [0.25, 0.3) is 15.9 Å². The van der Waals surface area contributed by atoms with Gasteiger partial charge < -0.3 is 0 Å². The number of rotatable bonds is 5. The van der Waals surface area contributed by atoms with Crippen molar-refractivity contribution >= 4 is 27.7 Å². The van der Waals surface area contributed by atoms with E-state index in [0.29, 0.717) is 5.56 Å². The molecule has 2 aromatic rings. The number of carbonyl (C=O) groups is 1. The summed E-state index contributed by atoms with van der Waals surface area (Å²) >= 11 is 1.51. The van der Waals surface area contributed by atoms with Crippen LogP contribution in [0.15, 0.2) is 58.6 Å². The van der Waals surface area contributed by atoms with Gasteiger partial charge in [-0.2, -0.15) is 0 Å². The highest BCUT2D eigenvalue weighted by Crippen LogP contribution is 2.26. The van der Waals surface area contributed by atoms with Crippen molar-refractivity contribution in [3.8, 4) is 0 Å². The first-order valence-corrected chi connectivity index (χ1v) is 8.99. The average Bonchev–Trinajstić information content (AvgIpc) is 2.47. The number of thioether (sulfide) groups is 1. The van der Waals surface area contributed by atoms with Gasteiger partial charge in [0.2, 0.25) is 0 Å². The molecular formula is C15H16N2O3S2. The number of hydrogen-bond acceptors (Lipinski definition) is 5. The van der Waals surface area contributed by atoms with Crippen LogP contribution in [0.25, 0.3) is 0 Å². The molecule has 0 spiro atoms. The molecule has 0 atom stereocenters. The second-order valence-corrected chi connectivity index (χ2v) is 8.09. The van der Waals surface area contributed by atoms with Crippen molar-refractivity contribution < 1.29 is 13.2 Å². The summed E-state index contributed by atoms with van der Waals surface area (Å²) in [5, 5.41) is 0.281. The van der Waals surface area contributed by atoms with Crippen LogP contribution < -0.4 is 4.72 Å². The zero-order chi connectivity index (χ0) is 16.2. The van der Waals surface area contributed by atoms with Crippen LogP contribution in [-0.4, -0.2) is 24.6 Å². The van der Waals surface area contributed by atoms with E-state index in [9.17, 15) is 13.2 Å². The molecule has 1 amide bonds. The number of sulfonamides is 1. The van der Waals surface area contributed by atoms with Gasteiger partial charge in [0.05, 0.1) is 5.56 Å². The van der Waals surface area contributed by atoms with Gasteiger partial charge >= 0.3 is 0 Å². The van der Waals surface area contributed by atoms with Crippen LogP contribution in [0.5, 0.6) is 0 Å². The Hall–Kier alpha value is -1.86. The lowest BCUT2D eigenvalue weighted by Gasteiger charge is -2.11. The lowest BCUT2D eigenvalue weighted by Crippen LogP contribution is -2.31. The monoisotopic (exact) mass is 336 g/mol. The van der Waals surface area contributed by atoms with Gasteiger partial charge in [0, 0.05) is 22.5 Å². The molecule has 2 rings (SSSR count). The maximum atomic E-state index is 12.3. The van der Waals surface area contributed by atoms with E-state index in [1.807, 2.05) is 19.9 Å². The summed E-state index contributed by atoms with van der Waals surface area (Å²) in [5.41, 5.74) is 0.341. The second-order valence-electron chi connectivity index (χ2n) is 4.79. The Morgan fingerprint density at radius 2 is 1.91 bits per heavy atom. The van der Waals surface area contributed by atoms with Crippen LogP contribution in [0.4, 0.5) is 0 Å². The molecule has 1 aromatic carbocycles. The molecule has 0 aliphatic rings. The quantitative estimate of drug-likeness (QED) is 0.850. The number of nitrogens with one attached hydrogen (secondary N) is 1. The highest BCUT2D eigenvalue weighted by atomic mass is 32.2. The van der Waals surface area contributed by atoms with Gasteiger partial charge in [-0.15, -0.1) is 11.8 Å². The van der Waals surface area contributed by atoms with Gasteiger partial charge in [0.1, 0.15) is 4.90 Å². The minimum Gasteiger partial charge on any atom is -0.268 e. The number of carbonyl (C=O) groups excluding carboxylic acids is 1. The summed E-state index contributed by atoms with van der Waals surface area (Å²) in [6.07, 6.45) is 2.67. The summed E-state index contributed by atoms with van der Waals surface area (Å²) in [6, 6.07) is 9.82. The van der Waals surface area contributed by atoms with Crippen molar-refractivity contribution in [3.05, 3.63) is 54.4 Å². The van der Waals surface area contributed by atoms with Crippen molar-refractivity contribution in [2.45, 2.75) is 28.9 Å². The molecular weight excluding hydrogens is 320 g/mol. The Labute approximate surface area is 134 Å². The number of aromatic nitrogens is 1. The molecule has 1 aromatic heterocycles. The fourth-order valence-corrected chi connectivity index (χ4v) is 3.63. The van der Waals surface area contributed by atoms with Crippen LogP contribution >= 0.6 is 11.8 Å². The van der Waals surface area contributed by atoms with E-state index in [4.69, 9.17) is 0 Å². The zero-order valence-electron chi connectivity index (χ0n) is 12.2. The molecule has 22 heavy (non-hydrogen) atoms. The van der Waals surface area contributed by atoms with Crippen molar-refractivity contribution in [3.63, 3.8) is 0 Å². The minimum atomic E-state index is -3.92. The molecule has 0 radical (unpaired) electrons. The topological polar surface area (TPSA) is 76.1 Å². The number of nitrogens with zero attached hydrogens (tertiary/aromatic N) is 1. The van der Waals surface area contributed by atoms with E-state index < -0.39 is 15.9 Å². The fraction of sp³-hybridized carbons (Fsp3) is 0.200. The Bertz CT molecular complexity index is 759. The largest absolute Gasteiger partial charge is 0.268 e. The van der Waals surface area contributed by atoms with Gasteiger partial charge in [-0.05, 0) is 24.3 Å². The highest BCUT2D eigenvalue weighted by molar-refractivity contribution is 8.00. The first-order chi connectivity index (χ1) is 10.4. The van der Waals surface area contributed by atoms with Crippen molar-refractivity contribution in [1.29, 1.82) is 0 Å². The van der Waals surface area contributed by atoms with Crippen molar-refractivity contribution in [1.82, 2.24) is 9.71 Å². The van der Waals surface area contributed by atoms with E-state index >= 15 is 0 Å². The number of hydrogen-bond donors (Lipinski definition) is 1. The molecule has 0 aliphatic heterocycles.